The van der Waals surface area contributed by atoms with Crippen LogP contribution in [0.4, 0.5) is 19.0 Å². The van der Waals surface area contributed by atoms with Crippen LogP contribution in [0.3, 0.4) is 0 Å². The highest BCUT2D eigenvalue weighted by molar-refractivity contribution is 5.70. The molecule has 19 heavy (non-hydrogen) atoms. The fraction of sp³-hybridized carbons (Fsp3) is 0.308. The predicted molar refractivity (Wildman–Crippen MR) is 66.9 cm³/mol. The van der Waals surface area contributed by atoms with Gasteiger partial charge in [0.05, 0.1) is 6.33 Å². The third kappa shape index (κ3) is 2.30. The maximum absolute atomic E-state index is 13.2. The molecule has 0 saturated heterocycles. The summed E-state index contributed by atoms with van der Waals surface area (Å²) < 4.78 is 41.0. The van der Waals surface area contributed by atoms with Crippen LogP contribution in [-0.4, -0.2) is 9.55 Å². The van der Waals surface area contributed by atoms with Crippen molar-refractivity contribution in [1.82, 2.24) is 9.55 Å². The smallest absolute Gasteiger partial charge is 0.194 e. The Hall–Kier alpha value is -1.98. The molecule has 0 aliphatic carbocycles. The van der Waals surface area contributed by atoms with Crippen molar-refractivity contribution in [2.75, 3.05) is 5.73 Å². The van der Waals surface area contributed by atoms with Crippen LogP contribution in [0.5, 0.6) is 0 Å². The quantitative estimate of drug-likeness (QED) is 0.807. The van der Waals surface area contributed by atoms with Crippen molar-refractivity contribution in [3.05, 3.63) is 35.9 Å². The van der Waals surface area contributed by atoms with E-state index in [4.69, 9.17) is 5.73 Å². The van der Waals surface area contributed by atoms with Crippen molar-refractivity contribution in [3.63, 3.8) is 0 Å². The molecule has 0 saturated carbocycles. The molecule has 0 atom stereocenters. The third-order valence-corrected chi connectivity index (χ3v) is 2.78. The van der Waals surface area contributed by atoms with E-state index in [1.54, 1.807) is 4.57 Å². The highest BCUT2D eigenvalue weighted by Crippen LogP contribution is 2.30. The maximum Gasteiger partial charge on any atom is 0.194 e. The van der Waals surface area contributed by atoms with Crippen LogP contribution in [0.1, 0.15) is 20.8 Å². The average molecular weight is 269 g/mol. The SMILES string of the molecule is CC(C)(C)n1cnc(-c2cc(F)c(F)c(F)c2)c1N. The van der Waals surface area contributed by atoms with E-state index in [-0.39, 0.29) is 22.6 Å². The summed E-state index contributed by atoms with van der Waals surface area (Å²) in [5.74, 6) is -3.75. The summed E-state index contributed by atoms with van der Waals surface area (Å²) in [6.45, 7) is 5.75. The number of imidazole rings is 1. The molecule has 2 aromatic rings. The highest BCUT2D eigenvalue weighted by Gasteiger charge is 2.21. The summed E-state index contributed by atoms with van der Waals surface area (Å²) in [5, 5.41) is 0. The highest BCUT2D eigenvalue weighted by atomic mass is 19.2. The van der Waals surface area contributed by atoms with Gasteiger partial charge in [-0.05, 0) is 32.9 Å². The lowest BCUT2D eigenvalue weighted by Crippen LogP contribution is -2.22. The van der Waals surface area contributed by atoms with E-state index in [0.717, 1.165) is 12.1 Å². The molecule has 1 heterocycles. The van der Waals surface area contributed by atoms with E-state index in [1.165, 1.54) is 6.33 Å². The van der Waals surface area contributed by atoms with Gasteiger partial charge in [0.2, 0.25) is 0 Å². The Morgan fingerprint density at radius 2 is 1.63 bits per heavy atom. The van der Waals surface area contributed by atoms with E-state index in [2.05, 4.69) is 4.98 Å². The summed E-state index contributed by atoms with van der Waals surface area (Å²) >= 11 is 0. The first kappa shape index (κ1) is 13.5. The summed E-state index contributed by atoms with van der Waals surface area (Å²) in [7, 11) is 0. The minimum Gasteiger partial charge on any atom is -0.383 e. The van der Waals surface area contributed by atoms with Crippen LogP contribution in [0.15, 0.2) is 18.5 Å². The Kier molecular flexibility index (Phi) is 3.04. The van der Waals surface area contributed by atoms with Gasteiger partial charge in [-0.2, -0.15) is 0 Å². The topological polar surface area (TPSA) is 43.8 Å². The van der Waals surface area contributed by atoms with Gasteiger partial charge in [-0.25, -0.2) is 18.2 Å². The van der Waals surface area contributed by atoms with E-state index < -0.39 is 17.5 Å². The predicted octanol–water partition coefficient (Wildman–Crippen LogP) is 3.30. The van der Waals surface area contributed by atoms with Gasteiger partial charge in [0.25, 0.3) is 0 Å². The molecule has 0 aliphatic heterocycles. The number of nitrogens with zero attached hydrogens (tertiary/aromatic N) is 2. The zero-order chi connectivity index (χ0) is 14.4. The maximum atomic E-state index is 13.2. The second-order valence-electron chi connectivity index (χ2n) is 5.27. The van der Waals surface area contributed by atoms with Gasteiger partial charge in [-0.1, -0.05) is 0 Å². The monoisotopic (exact) mass is 269 g/mol. The molecule has 0 bridgehead atoms. The molecular weight excluding hydrogens is 255 g/mol. The summed E-state index contributed by atoms with van der Waals surface area (Å²) in [5.41, 5.74) is 5.95. The number of benzene rings is 1. The minimum absolute atomic E-state index is 0.108. The van der Waals surface area contributed by atoms with Gasteiger partial charge in [-0.3, -0.25) is 0 Å². The second-order valence-corrected chi connectivity index (χ2v) is 5.27. The number of nitrogen functional groups attached to an aromatic ring is 1. The van der Waals surface area contributed by atoms with Crippen molar-refractivity contribution < 1.29 is 13.2 Å². The Labute approximate surface area is 108 Å². The van der Waals surface area contributed by atoms with E-state index >= 15 is 0 Å². The molecule has 102 valence electrons. The molecule has 6 heteroatoms. The zero-order valence-corrected chi connectivity index (χ0v) is 10.8. The first-order valence-corrected chi connectivity index (χ1v) is 5.70. The van der Waals surface area contributed by atoms with E-state index in [1.807, 2.05) is 20.8 Å². The number of hydrogen-bond donors (Lipinski definition) is 1. The minimum atomic E-state index is -1.50. The van der Waals surface area contributed by atoms with Crippen LogP contribution in [0.25, 0.3) is 11.3 Å². The molecule has 0 spiro atoms. The molecule has 2 rings (SSSR count). The van der Waals surface area contributed by atoms with Crippen molar-refractivity contribution in [2.24, 2.45) is 0 Å². The molecule has 1 aromatic carbocycles. The van der Waals surface area contributed by atoms with Gasteiger partial charge in [0.15, 0.2) is 17.5 Å². The van der Waals surface area contributed by atoms with Crippen LogP contribution < -0.4 is 5.73 Å². The van der Waals surface area contributed by atoms with Crippen LogP contribution in [0, 0.1) is 17.5 Å². The fourth-order valence-electron chi connectivity index (χ4n) is 1.81. The Bertz CT molecular complexity index is 604. The Morgan fingerprint density at radius 1 is 1.11 bits per heavy atom. The lowest BCUT2D eigenvalue weighted by molar-refractivity contribution is 0.402. The summed E-state index contributed by atoms with van der Waals surface area (Å²) in [4.78, 5) is 4.05. The lowest BCUT2D eigenvalue weighted by atomic mass is 10.1. The Morgan fingerprint density at radius 3 is 2.05 bits per heavy atom. The van der Waals surface area contributed by atoms with Gasteiger partial charge in [0, 0.05) is 11.1 Å². The fourth-order valence-corrected chi connectivity index (χ4v) is 1.81. The molecule has 0 unspecified atom stereocenters. The molecule has 3 nitrogen and oxygen atoms in total. The lowest BCUT2D eigenvalue weighted by Gasteiger charge is -2.22. The van der Waals surface area contributed by atoms with Gasteiger partial charge in [-0.15, -0.1) is 0 Å². The number of halogens is 3. The average Bonchev–Trinajstić information content (AvgIpc) is 2.67. The largest absolute Gasteiger partial charge is 0.383 e. The van der Waals surface area contributed by atoms with Crippen LogP contribution in [-0.2, 0) is 5.54 Å². The molecule has 0 aliphatic rings. The summed E-state index contributed by atoms with van der Waals surface area (Å²) in [6.07, 6.45) is 1.49. The molecular formula is C13H14F3N3. The second kappa shape index (κ2) is 4.29. The first-order valence-electron chi connectivity index (χ1n) is 5.70. The number of hydrogen-bond acceptors (Lipinski definition) is 2. The normalized spacial score (nSPS) is 11.9. The number of aromatic nitrogens is 2. The molecule has 2 N–H and O–H groups in total. The number of nitrogens with two attached hydrogens (primary N) is 1. The van der Waals surface area contributed by atoms with Gasteiger partial charge in [0.1, 0.15) is 11.5 Å². The number of rotatable bonds is 1. The van der Waals surface area contributed by atoms with E-state index in [0.29, 0.717) is 0 Å². The van der Waals surface area contributed by atoms with Gasteiger partial charge < -0.3 is 10.3 Å². The first-order chi connectivity index (χ1) is 8.71. The van der Waals surface area contributed by atoms with Crippen LogP contribution in [0.2, 0.25) is 0 Å². The van der Waals surface area contributed by atoms with Crippen molar-refractivity contribution >= 4 is 5.82 Å². The van der Waals surface area contributed by atoms with Crippen molar-refractivity contribution in [1.29, 1.82) is 0 Å². The molecule has 0 amide bonds. The van der Waals surface area contributed by atoms with Gasteiger partial charge >= 0.3 is 0 Å². The standard InChI is InChI=1S/C13H14F3N3/c1-13(2,3)19-6-18-11(12(19)17)7-4-8(14)10(16)9(15)5-7/h4-6H,17H2,1-3H3. The zero-order valence-electron chi connectivity index (χ0n) is 10.8. The van der Waals surface area contributed by atoms with Crippen molar-refractivity contribution in [2.45, 2.75) is 26.3 Å². The third-order valence-electron chi connectivity index (χ3n) is 2.78. The number of anilines is 1. The Balaban J connectivity index is 2.58. The van der Waals surface area contributed by atoms with Crippen LogP contribution >= 0.6 is 0 Å². The summed E-state index contributed by atoms with van der Waals surface area (Å²) in [6, 6.07) is 1.76. The molecule has 0 fully saturated rings. The molecule has 0 radical (unpaired) electrons. The van der Waals surface area contributed by atoms with Crippen molar-refractivity contribution in [3.8, 4) is 11.3 Å². The molecule has 1 aromatic heterocycles. The van der Waals surface area contributed by atoms with E-state index in [9.17, 15) is 13.2 Å².